The van der Waals surface area contributed by atoms with E-state index in [4.69, 9.17) is 0 Å². The van der Waals surface area contributed by atoms with Crippen molar-refractivity contribution in [3.05, 3.63) is 77.2 Å². The van der Waals surface area contributed by atoms with Crippen molar-refractivity contribution in [2.75, 3.05) is 11.4 Å². The Morgan fingerprint density at radius 3 is 2.56 bits per heavy atom. The van der Waals surface area contributed by atoms with Crippen LogP contribution in [0.5, 0.6) is 0 Å². The van der Waals surface area contributed by atoms with Crippen LogP contribution in [0.15, 0.2) is 70.3 Å². The molecule has 1 aliphatic rings. The molecule has 0 radical (unpaired) electrons. The molecule has 0 spiro atoms. The molecule has 188 valence electrons. The number of para-hydroxylation sites is 1. The average Bonchev–Trinajstić information content (AvgIpc) is 3.62. The van der Waals surface area contributed by atoms with Gasteiger partial charge < -0.3 is 0 Å². The highest BCUT2D eigenvalue weighted by atomic mass is 32.2. The topological polar surface area (TPSA) is 70.6 Å². The second kappa shape index (κ2) is 9.58. The Labute approximate surface area is 213 Å². The summed E-state index contributed by atoms with van der Waals surface area (Å²) >= 11 is 2.05. The Bertz CT molecular complexity index is 1490. The third-order valence-corrected chi connectivity index (χ3v) is 10.3. The van der Waals surface area contributed by atoms with Gasteiger partial charge in [-0.25, -0.2) is 13.4 Å². The fourth-order valence-corrected chi connectivity index (χ4v) is 8.03. The van der Waals surface area contributed by atoms with E-state index in [-0.39, 0.29) is 27.9 Å². The monoisotopic (exact) mass is 551 g/mol. The number of carbonyl (C=O) groups is 1. The number of fused-ring (bicyclic) bond motifs is 1. The summed E-state index contributed by atoms with van der Waals surface area (Å²) in [6, 6.07) is 14.9. The molecule has 0 N–H and O–H groups in total. The number of rotatable bonds is 6. The van der Waals surface area contributed by atoms with Gasteiger partial charge in [0.15, 0.2) is 5.13 Å². The number of sulfonamides is 1. The maximum atomic E-state index is 13.9. The van der Waals surface area contributed by atoms with Crippen molar-refractivity contribution in [1.82, 2.24) is 9.29 Å². The molecule has 0 saturated carbocycles. The number of amides is 1. The first kappa shape index (κ1) is 24.9. The van der Waals surface area contributed by atoms with Crippen LogP contribution in [0.25, 0.3) is 10.2 Å². The first-order chi connectivity index (χ1) is 17.2. The summed E-state index contributed by atoms with van der Waals surface area (Å²) in [5.41, 5.74) is -0.366. The van der Waals surface area contributed by atoms with Gasteiger partial charge in [0.25, 0.3) is 10.0 Å². The number of hydrogen-bond donors (Lipinski definition) is 0. The highest BCUT2D eigenvalue weighted by Gasteiger charge is 2.43. The number of thiazole rings is 1. The number of halogens is 3. The Kier molecular flexibility index (Phi) is 6.62. The van der Waals surface area contributed by atoms with E-state index in [1.165, 1.54) is 27.4 Å². The van der Waals surface area contributed by atoms with Gasteiger partial charge >= 0.3 is 6.18 Å². The zero-order valence-corrected chi connectivity index (χ0v) is 21.1. The molecule has 1 fully saturated rings. The van der Waals surface area contributed by atoms with Gasteiger partial charge in [0.1, 0.15) is 10.3 Å². The fraction of sp³-hybridized carbons (Fsp3) is 0.250. The van der Waals surface area contributed by atoms with Crippen molar-refractivity contribution in [3.63, 3.8) is 0 Å². The van der Waals surface area contributed by atoms with E-state index in [9.17, 15) is 26.4 Å². The lowest BCUT2D eigenvalue weighted by molar-refractivity contribution is -0.136. The molecule has 1 aliphatic heterocycles. The number of alkyl halides is 3. The van der Waals surface area contributed by atoms with Crippen LogP contribution >= 0.6 is 22.7 Å². The van der Waals surface area contributed by atoms with Crippen LogP contribution in [0.1, 0.15) is 24.0 Å². The van der Waals surface area contributed by atoms with Gasteiger partial charge in [-0.15, -0.1) is 11.3 Å². The van der Waals surface area contributed by atoms with E-state index in [0.29, 0.717) is 17.5 Å². The molecular weight excluding hydrogens is 531 g/mol. The Morgan fingerprint density at radius 1 is 1.08 bits per heavy atom. The predicted octanol–water partition coefficient (Wildman–Crippen LogP) is 5.76. The van der Waals surface area contributed by atoms with Crippen LogP contribution in [0.3, 0.4) is 0 Å². The Hall–Kier alpha value is -2.80. The molecule has 3 heterocycles. The maximum absolute atomic E-state index is 13.9. The van der Waals surface area contributed by atoms with Crippen LogP contribution in [0.2, 0.25) is 0 Å². The quantitative estimate of drug-likeness (QED) is 0.305. The van der Waals surface area contributed by atoms with E-state index >= 15 is 0 Å². The zero-order valence-electron chi connectivity index (χ0n) is 18.7. The maximum Gasteiger partial charge on any atom is 0.418 e. The van der Waals surface area contributed by atoms with Gasteiger partial charge in [0.2, 0.25) is 5.91 Å². The van der Waals surface area contributed by atoms with Gasteiger partial charge in [0, 0.05) is 6.54 Å². The van der Waals surface area contributed by atoms with E-state index < -0.39 is 33.7 Å². The van der Waals surface area contributed by atoms with E-state index in [2.05, 4.69) is 4.98 Å². The van der Waals surface area contributed by atoms with Crippen LogP contribution < -0.4 is 4.90 Å². The molecule has 6 nitrogen and oxygen atoms in total. The number of hydrogen-bond acceptors (Lipinski definition) is 6. The zero-order chi connectivity index (χ0) is 25.5. The number of carbonyl (C=O) groups excluding carboxylic acids is 1. The minimum atomic E-state index is -4.60. The van der Waals surface area contributed by atoms with Gasteiger partial charge in [-0.1, -0.05) is 53.8 Å². The summed E-state index contributed by atoms with van der Waals surface area (Å²) in [5, 5.41) is 1.75. The van der Waals surface area contributed by atoms with Crippen LogP contribution in [0, 0.1) is 0 Å². The third kappa shape index (κ3) is 4.65. The molecule has 0 bridgehead atoms. The van der Waals surface area contributed by atoms with E-state index in [1.54, 1.807) is 35.7 Å². The second-order valence-electron chi connectivity index (χ2n) is 8.26. The SMILES string of the molecule is O=C(C1CCCN1S(=O)(=O)c1cccs1)N(Cc1ccccc1)c1nc2c(C(F)(F)F)cccc2s1. The molecule has 2 aromatic carbocycles. The predicted molar refractivity (Wildman–Crippen MR) is 133 cm³/mol. The van der Waals surface area contributed by atoms with Crippen molar-refractivity contribution in [3.8, 4) is 0 Å². The molecule has 1 saturated heterocycles. The average molecular weight is 552 g/mol. The van der Waals surface area contributed by atoms with Crippen molar-refractivity contribution < 1.29 is 26.4 Å². The first-order valence-electron chi connectivity index (χ1n) is 11.0. The molecular formula is C24H20F3N3O3S3. The van der Waals surface area contributed by atoms with Crippen molar-refractivity contribution in [1.29, 1.82) is 0 Å². The lowest BCUT2D eigenvalue weighted by atomic mass is 10.1. The molecule has 0 aliphatic carbocycles. The molecule has 1 unspecified atom stereocenters. The molecule has 1 amide bonds. The number of anilines is 1. The van der Waals surface area contributed by atoms with Crippen molar-refractivity contribution >= 4 is 54.0 Å². The standard InChI is InChI=1S/C24H20F3N3O3S3/c25-24(26,27)17-9-4-11-19-21(17)28-23(35-19)29(15-16-7-2-1-3-8-16)22(31)18-10-5-13-30(18)36(32,33)20-12-6-14-34-20/h1-4,6-9,11-12,14,18H,5,10,13,15H2. The lowest BCUT2D eigenvalue weighted by Crippen LogP contribution is -2.47. The summed E-state index contributed by atoms with van der Waals surface area (Å²) in [6.45, 7) is 0.234. The van der Waals surface area contributed by atoms with E-state index in [0.717, 1.165) is 34.3 Å². The normalized spacial score (nSPS) is 17.0. The van der Waals surface area contributed by atoms with Crippen molar-refractivity contribution in [2.24, 2.45) is 0 Å². The lowest BCUT2D eigenvalue weighted by Gasteiger charge is -2.28. The van der Waals surface area contributed by atoms with Crippen molar-refractivity contribution in [2.45, 2.75) is 35.8 Å². The summed E-state index contributed by atoms with van der Waals surface area (Å²) in [6.07, 6.45) is -3.79. The van der Waals surface area contributed by atoms with Crippen LogP contribution in [0.4, 0.5) is 18.3 Å². The Morgan fingerprint density at radius 2 is 1.86 bits per heavy atom. The Balaban J connectivity index is 1.57. The largest absolute Gasteiger partial charge is 0.418 e. The fourth-order valence-electron chi connectivity index (χ4n) is 4.27. The van der Waals surface area contributed by atoms with Crippen LogP contribution in [-0.4, -0.2) is 36.2 Å². The molecule has 36 heavy (non-hydrogen) atoms. The first-order valence-corrected chi connectivity index (χ1v) is 14.2. The van der Waals surface area contributed by atoms with Gasteiger partial charge in [0.05, 0.1) is 22.3 Å². The highest BCUT2D eigenvalue weighted by molar-refractivity contribution is 7.91. The number of thiophene rings is 1. The summed E-state index contributed by atoms with van der Waals surface area (Å²) in [7, 11) is -3.89. The molecule has 2 aromatic heterocycles. The molecule has 5 rings (SSSR count). The number of benzene rings is 2. The number of aromatic nitrogens is 1. The molecule has 12 heteroatoms. The van der Waals surface area contributed by atoms with Gasteiger partial charge in [-0.2, -0.15) is 17.5 Å². The summed E-state index contributed by atoms with van der Waals surface area (Å²) in [4.78, 5) is 19.5. The molecule has 1 atom stereocenters. The second-order valence-corrected chi connectivity index (χ2v) is 12.3. The highest BCUT2D eigenvalue weighted by Crippen LogP contribution is 2.39. The summed E-state index contributed by atoms with van der Waals surface area (Å²) < 4.78 is 69.0. The minimum Gasteiger partial charge on any atom is -0.282 e. The third-order valence-electron chi connectivity index (χ3n) is 5.94. The minimum absolute atomic E-state index is 0.0459. The van der Waals surface area contributed by atoms with Gasteiger partial charge in [-0.3, -0.25) is 9.69 Å². The smallest absolute Gasteiger partial charge is 0.282 e. The van der Waals surface area contributed by atoms with E-state index in [1.807, 2.05) is 6.07 Å². The summed E-state index contributed by atoms with van der Waals surface area (Å²) in [5.74, 6) is -0.510. The molecule has 4 aromatic rings. The van der Waals surface area contributed by atoms with Crippen LogP contribution in [-0.2, 0) is 27.5 Å². The van der Waals surface area contributed by atoms with Gasteiger partial charge in [-0.05, 0) is 42.0 Å². The number of nitrogens with zero attached hydrogens (tertiary/aromatic N) is 3.